The van der Waals surface area contributed by atoms with Gasteiger partial charge in [-0.1, -0.05) is 23.7 Å². The fourth-order valence-electron chi connectivity index (χ4n) is 1.05. The van der Waals surface area contributed by atoms with Crippen LogP contribution in [0.2, 0.25) is 5.02 Å². The lowest BCUT2D eigenvalue weighted by Crippen LogP contribution is -1.98. The van der Waals surface area contributed by atoms with Gasteiger partial charge in [0.05, 0.1) is 0 Å². The Morgan fingerprint density at radius 3 is 2.46 bits per heavy atom. The van der Waals surface area contributed by atoms with Crippen LogP contribution in [0.15, 0.2) is 36.5 Å². The molecule has 0 saturated carbocycles. The second-order valence-electron chi connectivity index (χ2n) is 2.59. The summed E-state index contributed by atoms with van der Waals surface area (Å²) in [6.07, 6.45) is 0.608. The first-order valence-corrected chi connectivity index (χ1v) is 4.10. The Kier molecular flexibility index (Phi) is 2.02. The highest BCUT2D eigenvalue weighted by atomic mass is 35.5. The maximum atomic E-state index is 8.90. The normalized spacial score (nSPS) is 20.4. The monoisotopic (exact) mass is 198 g/mol. The Morgan fingerprint density at radius 2 is 1.92 bits per heavy atom. The molecule has 1 aromatic carbocycles. The van der Waals surface area contributed by atoms with Crippen LogP contribution in [0.25, 0.3) is 0 Å². The molecule has 1 atom stereocenters. The SMILES string of the molecule is OC1=COC(c2ccc(Cl)cc2)O1. The van der Waals surface area contributed by atoms with Crippen LogP contribution in [-0.2, 0) is 9.47 Å². The van der Waals surface area contributed by atoms with Crippen molar-refractivity contribution in [2.75, 3.05) is 0 Å². The lowest BCUT2D eigenvalue weighted by molar-refractivity contribution is -0.0601. The zero-order chi connectivity index (χ0) is 9.26. The molecule has 1 unspecified atom stereocenters. The third-order valence-corrected chi connectivity index (χ3v) is 1.91. The number of aliphatic hydroxyl groups excluding tert-OH is 1. The van der Waals surface area contributed by atoms with Crippen molar-refractivity contribution in [3.05, 3.63) is 47.1 Å². The van der Waals surface area contributed by atoms with E-state index in [0.717, 1.165) is 5.56 Å². The smallest absolute Gasteiger partial charge is 0.316 e. The molecular weight excluding hydrogens is 192 g/mol. The van der Waals surface area contributed by atoms with Gasteiger partial charge in [0.25, 0.3) is 6.29 Å². The molecule has 0 bridgehead atoms. The molecule has 1 aliphatic rings. The van der Waals surface area contributed by atoms with Gasteiger partial charge in [-0.15, -0.1) is 0 Å². The largest absolute Gasteiger partial charge is 0.479 e. The van der Waals surface area contributed by atoms with E-state index < -0.39 is 6.29 Å². The molecule has 0 amide bonds. The summed E-state index contributed by atoms with van der Waals surface area (Å²) in [5.74, 6) is -0.208. The van der Waals surface area contributed by atoms with Gasteiger partial charge in [-0.25, -0.2) is 0 Å². The van der Waals surface area contributed by atoms with Gasteiger partial charge in [-0.3, -0.25) is 0 Å². The second-order valence-corrected chi connectivity index (χ2v) is 3.03. The first kappa shape index (κ1) is 8.26. The number of rotatable bonds is 1. The number of aliphatic hydroxyl groups is 1. The van der Waals surface area contributed by atoms with Gasteiger partial charge in [0.15, 0.2) is 6.26 Å². The highest BCUT2D eigenvalue weighted by Crippen LogP contribution is 2.27. The van der Waals surface area contributed by atoms with E-state index in [4.69, 9.17) is 26.2 Å². The Morgan fingerprint density at radius 1 is 1.23 bits per heavy atom. The number of benzene rings is 1. The molecule has 1 N–H and O–H groups in total. The van der Waals surface area contributed by atoms with Crippen molar-refractivity contribution in [3.63, 3.8) is 0 Å². The molecule has 1 aromatic rings. The summed E-state index contributed by atoms with van der Waals surface area (Å²) in [4.78, 5) is 0. The Hall–Kier alpha value is -1.35. The van der Waals surface area contributed by atoms with Crippen molar-refractivity contribution in [2.24, 2.45) is 0 Å². The summed E-state index contributed by atoms with van der Waals surface area (Å²) in [6, 6.07) is 7.02. The minimum Gasteiger partial charge on any atom is -0.479 e. The molecule has 0 aliphatic carbocycles. The summed E-state index contributed by atoms with van der Waals surface area (Å²) in [7, 11) is 0. The van der Waals surface area contributed by atoms with Crippen LogP contribution in [0.1, 0.15) is 11.9 Å². The summed E-state index contributed by atoms with van der Waals surface area (Å²) in [5.41, 5.74) is 0.810. The molecule has 0 radical (unpaired) electrons. The number of halogens is 1. The minimum absolute atomic E-state index is 0.208. The predicted octanol–water partition coefficient (Wildman–Crippen LogP) is 2.74. The molecule has 0 saturated heterocycles. The first-order valence-electron chi connectivity index (χ1n) is 3.72. The maximum absolute atomic E-state index is 8.90. The van der Waals surface area contributed by atoms with E-state index in [2.05, 4.69) is 0 Å². The van der Waals surface area contributed by atoms with Gasteiger partial charge in [-0.05, 0) is 12.1 Å². The molecule has 1 aliphatic heterocycles. The van der Waals surface area contributed by atoms with E-state index in [-0.39, 0.29) is 5.95 Å². The van der Waals surface area contributed by atoms with Crippen LogP contribution in [0.3, 0.4) is 0 Å². The molecule has 0 spiro atoms. The number of hydrogen-bond donors (Lipinski definition) is 1. The molecule has 1 heterocycles. The highest BCUT2D eigenvalue weighted by molar-refractivity contribution is 6.30. The standard InChI is InChI=1S/C9H7ClO3/c10-7-3-1-6(2-4-7)9-12-5-8(11)13-9/h1-5,9,11H. The van der Waals surface area contributed by atoms with E-state index in [0.29, 0.717) is 5.02 Å². The Labute approximate surface area is 80.2 Å². The van der Waals surface area contributed by atoms with E-state index in [9.17, 15) is 0 Å². The lowest BCUT2D eigenvalue weighted by atomic mass is 10.2. The molecule has 0 aromatic heterocycles. The van der Waals surface area contributed by atoms with Gasteiger partial charge in [0.1, 0.15) is 0 Å². The van der Waals surface area contributed by atoms with E-state index in [1.165, 1.54) is 6.26 Å². The Balaban J connectivity index is 2.14. The number of ether oxygens (including phenoxy) is 2. The predicted molar refractivity (Wildman–Crippen MR) is 47.1 cm³/mol. The average molecular weight is 199 g/mol. The Bertz CT molecular complexity index is 331. The van der Waals surface area contributed by atoms with Crippen LogP contribution >= 0.6 is 11.6 Å². The van der Waals surface area contributed by atoms with Crippen LogP contribution in [0.4, 0.5) is 0 Å². The third-order valence-electron chi connectivity index (χ3n) is 1.66. The van der Waals surface area contributed by atoms with Gasteiger partial charge in [0.2, 0.25) is 0 Å². The quantitative estimate of drug-likeness (QED) is 0.754. The molecule has 3 nitrogen and oxygen atoms in total. The zero-order valence-electron chi connectivity index (χ0n) is 6.61. The summed E-state index contributed by atoms with van der Waals surface area (Å²) in [6.45, 7) is 0. The van der Waals surface area contributed by atoms with Crippen LogP contribution in [0, 0.1) is 0 Å². The van der Waals surface area contributed by atoms with Gasteiger partial charge >= 0.3 is 5.95 Å². The molecule has 68 valence electrons. The molecule has 0 fully saturated rings. The molecule has 2 rings (SSSR count). The third kappa shape index (κ3) is 1.70. The topological polar surface area (TPSA) is 38.7 Å². The zero-order valence-corrected chi connectivity index (χ0v) is 7.36. The summed E-state index contributed by atoms with van der Waals surface area (Å²) >= 11 is 5.70. The van der Waals surface area contributed by atoms with Crippen molar-refractivity contribution < 1.29 is 14.6 Å². The van der Waals surface area contributed by atoms with E-state index in [1.54, 1.807) is 24.3 Å². The molecular formula is C9H7ClO3. The van der Waals surface area contributed by atoms with Gasteiger partial charge in [-0.2, -0.15) is 0 Å². The highest BCUT2D eigenvalue weighted by Gasteiger charge is 2.20. The summed E-state index contributed by atoms with van der Waals surface area (Å²) in [5, 5.41) is 9.56. The van der Waals surface area contributed by atoms with E-state index in [1.807, 2.05) is 0 Å². The van der Waals surface area contributed by atoms with Crippen molar-refractivity contribution in [1.29, 1.82) is 0 Å². The van der Waals surface area contributed by atoms with Crippen LogP contribution in [-0.4, -0.2) is 5.11 Å². The van der Waals surface area contributed by atoms with Crippen LogP contribution in [0.5, 0.6) is 0 Å². The lowest BCUT2D eigenvalue weighted by Gasteiger charge is -2.09. The first-order chi connectivity index (χ1) is 6.25. The summed E-state index contributed by atoms with van der Waals surface area (Å²) < 4.78 is 9.95. The van der Waals surface area contributed by atoms with Crippen molar-refractivity contribution in [1.82, 2.24) is 0 Å². The van der Waals surface area contributed by atoms with Gasteiger partial charge in [0, 0.05) is 10.6 Å². The fourth-order valence-corrected chi connectivity index (χ4v) is 1.18. The number of hydrogen-bond acceptors (Lipinski definition) is 3. The second kappa shape index (κ2) is 3.18. The van der Waals surface area contributed by atoms with Crippen molar-refractivity contribution in [3.8, 4) is 0 Å². The molecule has 13 heavy (non-hydrogen) atoms. The maximum Gasteiger partial charge on any atom is 0.316 e. The molecule has 4 heteroatoms. The van der Waals surface area contributed by atoms with Crippen molar-refractivity contribution in [2.45, 2.75) is 6.29 Å². The average Bonchev–Trinajstić information content (AvgIpc) is 2.53. The van der Waals surface area contributed by atoms with Crippen LogP contribution < -0.4 is 0 Å². The van der Waals surface area contributed by atoms with Gasteiger partial charge < -0.3 is 14.6 Å². The van der Waals surface area contributed by atoms with Crippen molar-refractivity contribution >= 4 is 11.6 Å². The fraction of sp³-hybridized carbons (Fsp3) is 0.111. The minimum atomic E-state index is -0.558. The van der Waals surface area contributed by atoms with E-state index >= 15 is 0 Å².